The predicted molar refractivity (Wildman–Crippen MR) is 109 cm³/mol. The first-order valence-electron chi connectivity index (χ1n) is 9.29. The largest absolute Gasteiger partial charge is 0.481 e. The van der Waals surface area contributed by atoms with Crippen LogP contribution >= 0.6 is 0 Å². The van der Waals surface area contributed by atoms with Gasteiger partial charge in [-0.3, -0.25) is 10.1 Å². The molecule has 0 spiro atoms. The number of halogens is 1. The van der Waals surface area contributed by atoms with Crippen molar-refractivity contribution in [3.05, 3.63) is 71.7 Å². The van der Waals surface area contributed by atoms with Gasteiger partial charge in [0.05, 0.1) is 12.8 Å². The molecule has 7 heteroatoms. The van der Waals surface area contributed by atoms with Gasteiger partial charge in [-0.05, 0) is 29.7 Å². The Bertz CT molecular complexity index is 1220. The molecule has 1 fully saturated rings. The van der Waals surface area contributed by atoms with Crippen LogP contribution in [0.4, 0.5) is 9.18 Å². The molecule has 1 N–H and O–H groups in total. The normalized spacial score (nSPS) is 15.4. The maximum Gasteiger partial charge on any atom is 0.419 e. The number of alkyl carbamates (subject to hydrolysis) is 1. The van der Waals surface area contributed by atoms with Gasteiger partial charge in [0.25, 0.3) is 5.91 Å². The fraction of sp³-hybridized carbons (Fsp3) is 0.174. The molecule has 2 amide bonds. The summed E-state index contributed by atoms with van der Waals surface area (Å²) in [6.45, 7) is 3.70. The number of amides is 2. The van der Waals surface area contributed by atoms with Crippen molar-refractivity contribution in [3.8, 4) is 17.1 Å². The summed E-state index contributed by atoms with van der Waals surface area (Å²) in [6.07, 6.45) is 0.753. The number of nitrogens with zero attached hydrogens (tertiary/aromatic N) is 1. The number of imide groups is 1. The molecule has 0 bridgehead atoms. The molecule has 0 saturated carbocycles. The van der Waals surface area contributed by atoms with Gasteiger partial charge in [-0.25, -0.2) is 14.2 Å². The minimum atomic E-state index is -0.800. The third kappa shape index (κ3) is 3.50. The van der Waals surface area contributed by atoms with Crippen LogP contribution in [-0.2, 0) is 14.9 Å². The number of hydrogen-bond donors (Lipinski definition) is 1. The van der Waals surface area contributed by atoms with Gasteiger partial charge in [0.1, 0.15) is 5.82 Å². The average Bonchev–Trinajstić information content (AvgIpc) is 3.03. The van der Waals surface area contributed by atoms with E-state index in [-0.39, 0.29) is 11.6 Å². The van der Waals surface area contributed by atoms with Crippen LogP contribution in [0, 0.1) is 5.82 Å². The lowest BCUT2D eigenvalue weighted by molar-refractivity contribution is -0.116. The van der Waals surface area contributed by atoms with Crippen molar-refractivity contribution in [2.24, 2.45) is 0 Å². The first kappa shape index (κ1) is 19.6. The summed E-state index contributed by atoms with van der Waals surface area (Å²) in [5, 5.41) is 3.39. The first-order chi connectivity index (χ1) is 14.3. The number of rotatable bonds is 4. The van der Waals surface area contributed by atoms with Gasteiger partial charge in [-0.1, -0.05) is 44.2 Å². The molecule has 0 atom stereocenters. The summed E-state index contributed by atoms with van der Waals surface area (Å²) in [7, 11) is 1.50. The maximum absolute atomic E-state index is 14.2. The first-order valence-corrected chi connectivity index (χ1v) is 9.29. The van der Waals surface area contributed by atoms with E-state index in [0.717, 1.165) is 10.9 Å². The minimum Gasteiger partial charge on any atom is -0.481 e. The number of ether oxygens (including phenoxy) is 2. The van der Waals surface area contributed by atoms with E-state index in [0.29, 0.717) is 22.5 Å². The smallest absolute Gasteiger partial charge is 0.419 e. The fourth-order valence-corrected chi connectivity index (χ4v) is 3.47. The van der Waals surface area contributed by atoms with E-state index < -0.39 is 17.4 Å². The van der Waals surface area contributed by atoms with Gasteiger partial charge in [0, 0.05) is 21.9 Å². The number of carbonyl (C=O) groups is 2. The molecule has 0 aliphatic carbocycles. The van der Waals surface area contributed by atoms with Gasteiger partial charge >= 0.3 is 6.09 Å². The number of allylic oxidation sites excluding steroid dienone is 1. The Kier molecular flexibility index (Phi) is 4.73. The Hall–Kier alpha value is -3.74. The standard InChI is InChI=1S/C23H19FN2O4/c1-23(2,12-19-20(27)26-22(28)30-19)16-9-10-18(25-21(16)29-3)14-8-7-13-5-4-6-17(24)15(13)11-14/h4-12H,1-3H3,(H,26,27,28). The van der Waals surface area contributed by atoms with Crippen LogP contribution in [0.2, 0.25) is 0 Å². The molecule has 4 rings (SSSR count). The summed E-state index contributed by atoms with van der Waals surface area (Å²) in [5.41, 5.74) is 1.35. The maximum atomic E-state index is 14.2. The number of hydrogen-bond acceptors (Lipinski definition) is 5. The number of cyclic esters (lactones) is 1. The SMILES string of the molecule is COc1nc(-c2ccc3cccc(F)c3c2)ccc1C(C)(C)C=C1OC(=O)NC1=O. The lowest BCUT2D eigenvalue weighted by Gasteiger charge is -2.23. The second-order valence-electron chi connectivity index (χ2n) is 7.50. The highest BCUT2D eigenvalue weighted by Crippen LogP contribution is 2.35. The van der Waals surface area contributed by atoms with E-state index in [1.54, 1.807) is 24.3 Å². The number of nitrogens with one attached hydrogen (secondary N) is 1. The molecule has 1 aromatic heterocycles. The summed E-state index contributed by atoms with van der Waals surface area (Å²) in [4.78, 5) is 27.7. The zero-order valence-corrected chi connectivity index (χ0v) is 16.7. The molecule has 2 aromatic carbocycles. The van der Waals surface area contributed by atoms with Gasteiger partial charge in [0.15, 0.2) is 5.76 Å². The number of aromatic nitrogens is 1. The van der Waals surface area contributed by atoms with E-state index in [9.17, 15) is 14.0 Å². The molecule has 6 nitrogen and oxygen atoms in total. The van der Waals surface area contributed by atoms with Gasteiger partial charge in [0.2, 0.25) is 5.88 Å². The van der Waals surface area contributed by atoms with Crippen molar-refractivity contribution >= 4 is 22.8 Å². The van der Waals surface area contributed by atoms with Crippen LogP contribution in [0.3, 0.4) is 0 Å². The van der Waals surface area contributed by atoms with E-state index in [1.807, 2.05) is 38.1 Å². The molecule has 2 heterocycles. The Morgan fingerprint density at radius 2 is 1.93 bits per heavy atom. The number of carbonyl (C=O) groups excluding carboxylic acids is 2. The van der Waals surface area contributed by atoms with E-state index in [1.165, 1.54) is 13.2 Å². The van der Waals surface area contributed by atoms with Gasteiger partial charge in [-0.15, -0.1) is 0 Å². The topological polar surface area (TPSA) is 77.5 Å². The molecule has 1 aliphatic heterocycles. The molecule has 1 aliphatic rings. The van der Waals surface area contributed by atoms with Crippen LogP contribution < -0.4 is 10.1 Å². The monoisotopic (exact) mass is 406 g/mol. The van der Waals surface area contributed by atoms with Crippen molar-refractivity contribution in [2.45, 2.75) is 19.3 Å². The van der Waals surface area contributed by atoms with Crippen LogP contribution in [0.25, 0.3) is 22.0 Å². The highest BCUT2D eigenvalue weighted by atomic mass is 19.1. The second kappa shape index (κ2) is 7.26. The van der Waals surface area contributed by atoms with Crippen LogP contribution in [0.15, 0.2) is 60.4 Å². The van der Waals surface area contributed by atoms with Crippen molar-refractivity contribution in [3.63, 3.8) is 0 Å². The molecule has 1 saturated heterocycles. The van der Waals surface area contributed by atoms with E-state index >= 15 is 0 Å². The Morgan fingerprint density at radius 1 is 1.13 bits per heavy atom. The molecule has 0 radical (unpaired) electrons. The van der Waals surface area contributed by atoms with Crippen LogP contribution in [0.1, 0.15) is 19.4 Å². The van der Waals surface area contributed by atoms with E-state index in [2.05, 4.69) is 10.3 Å². The summed E-state index contributed by atoms with van der Waals surface area (Å²) in [6, 6.07) is 14.1. The lowest BCUT2D eigenvalue weighted by atomic mass is 9.84. The Labute approximate surface area is 172 Å². The summed E-state index contributed by atoms with van der Waals surface area (Å²) in [5.74, 6) is -0.598. The van der Waals surface area contributed by atoms with Gasteiger partial charge < -0.3 is 9.47 Å². The number of pyridine rings is 1. The molecule has 152 valence electrons. The molecular weight excluding hydrogens is 387 g/mol. The van der Waals surface area contributed by atoms with Crippen molar-refractivity contribution in [1.29, 1.82) is 0 Å². The van der Waals surface area contributed by atoms with Crippen molar-refractivity contribution < 1.29 is 23.5 Å². The minimum absolute atomic E-state index is 0.0684. The third-order valence-electron chi connectivity index (χ3n) is 5.01. The molecular formula is C23H19FN2O4. The predicted octanol–water partition coefficient (Wildman–Crippen LogP) is 4.48. The highest BCUT2D eigenvalue weighted by molar-refractivity contribution is 6.07. The summed E-state index contributed by atoms with van der Waals surface area (Å²) < 4.78 is 24.6. The van der Waals surface area contributed by atoms with Crippen LogP contribution in [-0.4, -0.2) is 24.1 Å². The Morgan fingerprint density at radius 3 is 2.63 bits per heavy atom. The summed E-state index contributed by atoms with van der Waals surface area (Å²) >= 11 is 0. The zero-order chi connectivity index (χ0) is 21.5. The number of fused-ring (bicyclic) bond motifs is 1. The Balaban J connectivity index is 1.75. The molecule has 0 unspecified atom stereocenters. The second-order valence-corrected chi connectivity index (χ2v) is 7.50. The lowest BCUT2D eigenvalue weighted by Crippen LogP contribution is -2.21. The highest BCUT2D eigenvalue weighted by Gasteiger charge is 2.32. The third-order valence-corrected chi connectivity index (χ3v) is 5.01. The zero-order valence-electron chi connectivity index (χ0n) is 16.7. The fourth-order valence-electron chi connectivity index (χ4n) is 3.47. The molecule has 30 heavy (non-hydrogen) atoms. The van der Waals surface area contributed by atoms with E-state index in [4.69, 9.17) is 9.47 Å². The van der Waals surface area contributed by atoms with Crippen molar-refractivity contribution in [2.75, 3.05) is 7.11 Å². The number of benzene rings is 2. The number of methoxy groups -OCH3 is 1. The van der Waals surface area contributed by atoms with Crippen LogP contribution in [0.5, 0.6) is 5.88 Å². The average molecular weight is 406 g/mol. The van der Waals surface area contributed by atoms with Crippen molar-refractivity contribution in [1.82, 2.24) is 10.3 Å². The van der Waals surface area contributed by atoms with Gasteiger partial charge in [-0.2, -0.15) is 0 Å². The quantitative estimate of drug-likeness (QED) is 0.647. The molecule has 3 aromatic rings.